The highest BCUT2D eigenvalue weighted by molar-refractivity contribution is 5.70. The minimum absolute atomic E-state index is 0.0590. The Hall–Kier alpha value is -1.62. The maximum Gasteiger partial charge on any atom is 0.306 e. The number of ether oxygens (including phenoxy) is 2. The first-order valence-corrected chi connectivity index (χ1v) is 26.4. The van der Waals surface area contributed by atoms with Crippen molar-refractivity contribution in [2.45, 2.75) is 296 Å². The van der Waals surface area contributed by atoms with Gasteiger partial charge in [-0.05, 0) is 44.9 Å². The van der Waals surface area contributed by atoms with Crippen LogP contribution in [-0.2, 0) is 19.1 Å². The first-order chi connectivity index (χ1) is 29.1. The summed E-state index contributed by atoms with van der Waals surface area (Å²) in [6, 6.07) is 0. The largest absolute Gasteiger partial charge is 0.462 e. The minimum atomic E-state index is -0.766. The third kappa shape index (κ3) is 48.9. The second kappa shape index (κ2) is 50.7. The van der Waals surface area contributed by atoms with Crippen molar-refractivity contribution in [3.8, 4) is 0 Å². The number of aliphatic hydroxyl groups is 1. The van der Waals surface area contributed by atoms with Gasteiger partial charge in [0.15, 0.2) is 6.10 Å². The monoisotopic (exact) mass is 831 g/mol. The molecule has 0 heterocycles. The maximum absolute atomic E-state index is 12.3. The molecule has 348 valence electrons. The van der Waals surface area contributed by atoms with E-state index in [-0.39, 0.29) is 25.2 Å². The Morgan fingerprint density at radius 2 is 0.678 bits per heavy atom. The highest BCUT2D eigenvalue weighted by Gasteiger charge is 2.16. The molecule has 0 radical (unpaired) electrons. The molecule has 0 bridgehead atoms. The summed E-state index contributed by atoms with van der Waals surface area (Å²) in [4.78, 5) is 24.4. The van der Waals surface area contributed by atoms with Crippen LogP contribution in [0.25, 0.3) is 0 Å². The van der Waals surface area contributed by atoms with E-state index in [4.69, 9.17) is 9.47 Å². The maximum atomic E-state index is 12.3. The molecule has 5 heteroatoms. The van der Waals surface area contributed by atoms with Crippen LogP contribution in [0.1, 0.15) is 290 Å². The van der Waals surface area contributed by atoms with Gasteiger partial charge in [-0.1, -0.05) is 256 Å². The topological polar surface area (TPSA) is 72.8 Å². The summed E-state index contributed by atoms with van der Waals surface area (Å²) in [6.07, 6.45) is 62.8. The lowest BCUT2D eigenvalue weighted by molar-refractivity contribution is -0.161. The molecule has 0 aliphatic heterocycles. The summed E-state index contributed by atoms with van der Waals surface area (Å²) in [7, 11) is 0. The number of carbonyl (C=O) groups excluding carboxylic acids is 2. The lowest BCUT2D eigenvalue weighted by Crippen LogP contribution is -2.28. The van der Waals surface area contributed by atoms with E-state index >= 15 is 0 Å². The molecule has 0 spiro atoms. The fourth-order valence-electron chi connectivity index (χ4n) is 8.00. The van der Waals surface area contributed by atoms with Crippen molar-refractivity contribution in [1.82, 2.24) is 0 Å². The molecule has 1 N–H and O–H groups in total. The average Bonchev–Trinajstić information content (AvgIpc) is 3.24. The molecule has 0 aliphatic rings. The van der Waals surface area contributed by atoms with Crippen LogP contribution in [0.5, 0.6) is 0 Å². The van der Waals surface area contributed by atoms with Crippen LogP contribution >= 0.6 is 0 Å². The molecule has 0 aliphatic carbocycles. The molecule has 0 aromatic rings. The third-order valence-corrected chi connectivity index (χ3v) is 12.0. The van der Waals surface area contributed by atoms with Crippen molar-refractivity contribution < 1.29 is 24.2 Å². The van der Waals surface area contributed by atoms with Gasteiger partial charge in [-0.2, -0.15) is 0 Å². The molecule has 0 amide bonds. The average molecular weight is 831 g/mol. The summed E-state index contributed by atoms with van der Waals surface area (Å²) in [5.74, 6) is -0.572. The molecule has 0 saturated carbocycles. The summed E-state index contributed by atoms with van der Waals surface area (Å²) in [5, 5.41) is 9.62. The van der Waals surface area contributed by atoms with Crippen molar-refractivity contribution in [1.29, 1.82) is 0 Å². The number of hydrogen-bond acceptors (Lipinski definition) is 5. The summed E-state index contributed by atoms with van der Waals surface area (Å²) >= 11 is 0. The number of rotatable bonds is 49. The molecule has 1 atom stereocenters. The summed E-state index contributed by atoms with van der Waals surface area (Å²) in [5.41, 5.74) is 0. The van der Waals surface area contributed by atoms with E-state index < -0.39 is 6.10 Å². The summed E-state index contributed by atoms with van der Waals surface area (Å²) in [6.45, 7) is 4.17. The molecular formula is C54H102O5. The fourth-order valence-corrected chi connectivity index (χ4v) is 8.00. The fraction of sp³-hybridized carbons (Fsp3) is 0.889. The standard InChI is InChI=1S/C54H102O5/c1-3-5-7-9-11-13-15-17-19-21-22-23-24-25-26-27-28-29-30-31-32-33-35-37-39-41-43-45-47-49-54(57)59-52(50-55)51-58-53(56)48-46-44-42-40-38-36-34-20-18-16-14-12-10-8-6-4-2/h15,17,21-22,52,55H,3-14,16,18-20,23-51H2,1-2H3/b17-15-,22-21-. The third-order valence-electron chi connectivity index (χ3n) is 12.0. The Kier molecular flexibility index (Phi) is 49.3. The van der Waals surface area contributed by atoms with E-state index in [1.165, 1.54) is 225 Å². The van der Waals surface area contributed by atoms with E-state index in [1.54, 1.807) is 0 Å². The van der Waals surface area contributed by atoms with Crippen molar-refractivity contribution in [2.24, 2.45) is 0 Å². The van der Waals surface area contributed by atoms with Gasteiger partial charge in [0.2, 0.25) is 0 Å². The van der Waals surface area contributed by atoms with Gasteiger partial charge in [0, 0.05) is 12.8 Å². The molecule has 1 unspecified atom stereocenters. The van der Waals surface area contributed by atoms with Gasteiger partial charge in [0.05, 0.1) is 6.61 Å². The van der Waals surface area contributed by atoms with E-state index in [0.29, 0.717) is 12.8 Å². The molecular weight excluding hydrogens is 729 g/mol. The van der Waals surface area contributed by atoms with Gasteiger partial charge in [-0.3, -0.25) is 9.59 Å². The van der Waals surface area contributed by atoms with Gasteiger partial charge in [0.1, 0.15) is 6.61 Å². The molecule has 0 fully saturated rings. The Bertz CT molecular complexity index is 897. The molecule has 59 heavy (non-hydrogen) atoms. The Labute approximate surface area is 368 Å². The van der Waals surface area contributed by atoms with E-state index in [2.05, 4.69) is 38.2 Å². The van der Waals surface area contributed by atoms with Gasteiger partial charge < -0.3 is 14.6 Å². The number of esters is 2. The van der Waals surface area contributed by atoms with Gasteiger partial charge in [-0.15, -0.1) is 0 Å². The lowest BCUT2D eigenvalue weighted by atomic mass is 10.0. The highest BCUT2D eigenvalue weighted by atomic mass is 16.6. The number of aliphatic hydroxyl groups excluding tert-OH is 1. The van der Waals surface area contributed by atoms with Crippen molar-refractivity contribution in [3.63, 3.8) is 0 Å². The van der Waals surface area contributed by atoms with Crippen LogP contribution in [0, 0.1) is 0 Å². The predicted octanol–water partition coefficient (Wildman–Crippen LogP) is 17.4. The molecule has 0 saturated heterocycles. The van der Waals surface area contributed by atoms with Crippen LogP contribution in [0.2, 0.25) is 0 Å². The number of hydrogen-bond donors (Lipinski definition) is 1. The zero-order valence-electron chi connectivity index (χ0n) is 39.8. The Morgan fingerprint density at radius 3 is 1.00 bits per heavy atom. The van der Waals surface area contributed by atoms with E-state index in [0.717, 1.165) is 38.5 Å². The molecule has 0 rings (SSSR count). The first kappa shape index (κ1) is 57.4. The molecule has 0 aromatic carbocycles. The van der Waals surface area contributed by atoms with Gasteiger partial charge in [0.25, 0.3) is 0 Å². The number of unbranched alkanes of at least 4 members (excludes halogenated alkanes) is 37. The highest BCUT2D eigenvalue weighted by Crippen LogP contribution is 2.17. The van der Waals surface area contributed by atoms with Crippen LogP contribution in [0.4, 0.5) is 0 Å². The van der Waals surface area contributed by atoms with E-state index in [9.17, 15) is 14.7 Å². The SMILES string of the molecule is CCCCCCC/C=C\C/C=C\CCCCCCCCCCCCCCCCCCCC(=O)OC(CO)COC(=O)CCCCCCCCCCCCCCCCCC. The number of carbonyl (C=O) groups is 2. The van der Waals surface area contributed by atoms with Gasteiger partial charge >= 0.3 is 11.9 Å². The zero-order valence-corrected chi connectivity index (χ0v) is 39.8. The van der Waals surface area contributed by atoms with Crippen molar-refractivity contribution >= 4 is 11.9 Å². The van der Waals surface area contributed by atoms with Crippen LogP contribution < -0.4 is 0 Å². The summed E-state index contributed by atoms with van der Waals surface area (Å²) < 4.78 is 10.7. The molecule has 5 nitrogen and oxygen atoms in total. The first-order valence-electron chi connectivity index (χ1n) is 26.4. The smallest absolute Gasteiger partial charge is 0.306 e. The Morgan fingerprint density at radius 1 is 0.390 bits per heavy atom. The quantitative estimate of drug-likeness (QED) is 0.0376. The van der Waals surface area contributed by atoms with Crippen molar-refractivity contribution in [3.05, 3.63) is 24.3 Å². The zero-order chi connectivity index (χ0) is 42.8. The predicted molar refractivity (Wildman–Crippen MR) is 256 cm³/mol. The minimum Gasteiger partial charge on any atom is -0.462 e. The van der Waals surface area contributed by atoms with Crippen LogP contribution in [-0.4, -0.2) is 36.4 Å². The van der Waals surface area contributed by atoms with Gasteiger partial charge in [-0.25, -0.2) is 0 Å². The Balaban J connectivity index is 3.43. The van der Waals surface area contributed by atoms with Crippen LogP contribution in [0.3, 0.4) is 0 Å². The molecule has 0 aromatic heterocycles. The van der Waals surface area contributed by atoms with Crippen LogP contribution in [0.15, 0.2) is 24.3 Å². The van der Waals surface area contributed by atoms with E-state index in [1.807, 2.05) is 0 Å². The second-order valence-electron chi connectivity index (χ2n) is 18.0. The second-order valence-corrected chi connectivity index (χ2v) is 18.0. The number of allylic oxidation sites excluding steroid dienone is 4. The normalized spacial score (nSPS) is 12.3. The van der Waals surface area contributed by atoms with Crippen molar-refractivity contribution in [2.75, 3.05) is 13.2 Å². The lowest BCUT2D eigenvalue weighted by Gasteiger charge is -2.15.